The smallest absolute Gasteiger partial charge is 0.240 e. The number of hydrogen-bond acceptors (Lipinski definition) is 3. The summed E-state index contributed by atoms with van der Waals surface area (Å²) >= 11 is 0. The second-order valence-corrected chi connectivity index (χ2v) is 3.13. The Morgan fingerprint density at radius 1 is 1.47 bits per heavy atom. The van der Waals surface area contributed by atoms with E-state index in [9.17, 15) is 13.9 Å². The van der Waals surface area contributed by atoms with Gasteiger partial charge in [-0.1, -0.05) is 6.07 Å². The maximum Gasteiger partial charge on any atom is 0.240 e. The van der Waals surface area contributed by atoms with Gasteiger partial charge in [0.05, 0.1) is 12.7 Å². The number of phenolic OH excluding ortho intramolecular Hbond substituents is 1. The zero-order valence-corrected chi connectivity index (χ0v) is 8.28. The first-order chi connectivity index (χ1) is 7.06. The quantitative estimate of drug-likeness (QED) is 0.811. The number of phenols is 1. The predicted molar refractivity (Wildman–Crippen MR) is 52.2 cm³/mol. The SMILES string of the molecule is COc1cccc(O)c1[C@H](N)CC(F)F. The molecule has 1 aromatic rings. The van der Waals surface area contributed by atoms with Gasteiger partial charge in [-0.15, -0.1) is 0 Å². The summed E-state index contributed by atoms with van der Waals surface area (Å²) in [4.78, 5) is 0. The van der Waals surface area contributed by atoms with E-state index in [1.54, 1.807) is 12.1 Å². The number of rotatable bonds is 4. The number of benzene rings is 1. The minimum absolute atomic E-state index is 0.123. The fraction of sp³-hybridized carbons (Fsp3) is 0.400. The molecule has 0 aromatic heterocycles. The summed E-state index contributed by atoms with van der Waals surface area (Å²) < 4.78 is 29.2. The molecule has 15 heavy (non-hydrogen) atoms. The Kier molecular flexibility index (Phi) is 3.85. The third kappa shape index (κ3) is 2.79. The third-order valence-corrected chi connectivity index (χ3v) is 2.07. The van der Waals surface area contributed by atoms with Gasteiger partial charge in [0.1, 0.15) is 11.5 Å². The van der Waals surface area contributed by atoms with E-state index in [0.29, 0.717) is 5.75 Å². The van der Waals surface area contributed by atoms with E-state index < -0.39 is 18.9 Å². The van der Waals surface area contributed by atoms with Crippen molar-refractivity contribution in [2.45, 2.75) is 18.9 Å². The number of ether oxygens (including phenoxy) is 1. The van der Waals surface area contributed by atoms with Gasteiger partial charge >= 0.3 is 0 Å². The minimum atomic E-state index is -2.51. The fourth-order valence-electron chi connectivity index (χ4n) is 1.39. The molecular formula is C10H13F2NO2. The second-order valence-electron chi connectivity index (χ2n) is 3.13. The van der Waals surface area contributed by atoms with E-state index in [0.717, 1.165) is 0 Å². The number of hydrogen-bond donors (Lipinski definition) is 2. The number of alkyl halides is 2. The van der Waals surface area contributed by atoms with Crippen LogP contribution in [0.5, 0.6) is 11.5 Å². The van der Waals surface area contributed by atoms with Gasteiger partial charge in [-0.05, 0) is 12.1 Å². The highest BCUT2D eigenvalue weighted by molar-refractivity contribution is 5.45. The highest BCUT2D eigenvalue weighted by Gasteiger charge is 2.19. The summed E-state index contributed by atoms with van der Waals surface area (Å²) in [5, 5.41) is 9.50. The van der Waals surface area contributed by atoms with Gasteiger partial charge in [-0.2, -0.15) is 0 Å². The van der Waals surface area contributed by atoms with Crippen LogP contribution in [0.25, 0.3) is 0 Å². The molecule has 3 nitrogen and oxygen atoms in total. The Morgan fingerprint density at radius 3 is 2.67 bits per heavy atom. The number of aromatic hydroxyl groups is 1. The van der Waals surface area contributed by atoms with Crippen LogP contribution in [0.15, 0.2) is 18.2 Å². The topological polar surface area (TPSA) is 55.5 Å². The van der Waals surface area contributed by atoms with Crippen LogP contribution >= 0.6 is 0 Å². The van der Waals surface area contributed by atoms with Crippen molar-refractivity contribution in [3.63, 3.8) is 0 Å². The first kappa shape index (κ1) is 11.7. The van der Waals surface area contributed by atoms with Gasteiger partial charge in [-0.25, -0.2) is 8.78 Å². The van der Waals surface area contributed by atoms with Gasteiger partial charge in [0.25, 0.3) is 0 Å². The Labute approximate surface area is 86.5 Å². The van der Waals surface area contributed by atoms with Crippen LogP contribution in [-0.2, 0) is 0 Å². The Morgan fingerprint density at radius 2 is 2.13 bits per heavy atom. The first-order valence-corrected chi connectivity index (χ1v) is 4.45. The molecule has 0 radical (unpaired) electrons. The van der Waals surface area contributed by atoms with Crippen molar-refractivity contribution in [3.8, 4) is 11.5 Å². The lowest BCUT2D eigenvalue weighted by Crippen LogP contribution is -2.15. The van der Waals surface area contributed by atoms with E-state index in [4.69, 9.17) is 10.5 Å². The van der Waals surface area contributed by atoms with E-state index >= 15 is 0 Å². The molecule has 0 saturated carbocycles. The number of methoxy groups -OCH3 is 1. The van der Waals surface area contributed by atoms with Crippen LogP contribution in [0, 0.1) is 0 Å². The summed E-state index contributed by atoms with van der Waals surface area (Å²) in [6.45, 7) is 0. The molecule has 0 bridgehead atoms. The maximum atomic E-state index is 12.1. The molecule has 0 aliphatic heterocycles. The molecule has 84 valence electrons. The third-order valence-electron chi connectivity index (χ3n) is 2.07. The largest absolute Gasteiger partial charge is 0.507 e. The molecule has 0 unspecified atom stereocenters. The molecule has 1 aromatic carbocycles. The second kappa shape index (κ2) is 4.93. The Hall–Kier alpha value is -1.36. The van der Waals surface area contributed by atoms with Crippen LogP contribution in [0.2, 0.25) is 0 Å². The minimum Gasteiger partial charge on any atom is -0.507 e. The fourth-order valence-corrected chi connectivity index (χ4v) is 1.39. The highest BCUT2D eigenvalue weighted by atomic mass is 19.3. The van der Waals surface area contributed by atoms with Crippen LogP contribution < -0.4 is 10.5 Å². The van der Waals surface area contributed by atoms with Crippen molar-refractivity contribution in [1.29, 1.82) is 0 Å². The molecule has 0 saturated heterocycles. The van der Waals surface area contributed by atoms with Crippen molar-refractivity contribution >= 4 is 0 Å². The van der Waals surface area contributed by atoms with Gasteiger partial charge in [-0.3, -0.25) is 0 Å². The van der Waals surface area contributed by atoms with Crippen molar-refractivity contribution in [1.82, 2.24) is 0 Å². The Bertz CT molecular complexity index is 331. The van der Waals surface area contributed by atoms with Gasteiger partial charge in [0.2, 0.25) is 6.43 Å². The van der Waals surface area contributed by atoms with Crippen molar-refractivity contribution in [2.24, 2.45) is 5.73 Å². The summed E-state index contributed by atoms with van der Waals surface area (Å²) in [6.07, 6.45) is -3.02. The van der Waals surface area contributed by atoms with E-state index in [1.165, 1.54) is 13.2 Å². The molecule has 5 heteroatoms. The normalized spacial score (nSPS) is 12.9. The van der Waals surface area contributed by atoms with Crippen molar-refractivity contribution < 1.29 is 18.6 Å². The van der Waals surface area contributed by atoms with Gasteiger partial charge in [0, 0.05) is 12.5 Å². The molecule has 1 atom stereocenters. The summed E-state index contributed by atoms with van der Waals surface area (Å²) in [5.41, 5.74) is 5.78. The lowest BCUT2D eigenvalue weighted by molar-refractivity contribution is 0.127. The molecule has 3 N–H and O–H groups in total. The summed E-state index contributed by atoms with van der Waals surface area (Å²) in [7, 11) is 1.40. The lowest BCUT2D eigenvalue weighted by atomic mass is 10.0. The van der Waals surface area contributed by atoms with Crippen LogP contribution in [0.1, 0.15) is 18.0 Å². The summed E-state index contributed by atoms with van der Waals surface area (Å²) in [6, 6.07) is 3.59. The van der Waals surface area contributed by atoms with E-state index in [2.05, 4.69) is 0 Å². The number of halogens is 2. The molecule has 0 heterocycles. The zero-order valence-electron chi connectivity index (χ0n) is 8.28. The van der Waals surface area contributed by atoms with Crippen LogP contribution in [0.4, 0.5) is 8.78 Å². The molecule has 0 aliphatic carbocycles. The van der Waals surface area contributed by atoms with Gasteiger partial charge < -0.3 is 15.6 Å². The average Bonchev–Trinajstić information content (AvgIpc) is 2.15. The van der Waals surface area contributed by atoms with E-state index in [1.807, 2.05) is 0 Å². The van der Waals surface area contributed by atoms with E-state index in [-0.39, 0.29) is 11.3 Å². The van der Waals surface area contributed by atoms with Crippen LogP contribution in [-0.4, -0.2) is 18.6 Å². The molecule has 0 spiro atoms. The van der Waals surface area contributed by atoms with Crippen LogP contribution in [0.3, 0.4) is 0 Å². The molecule has 0 fully saturated rings. The molecule has 0 aliphatic rings. The maximum absolute atomic E-state index is 12.1. The molecule has 0 amide bonds. The van der Waals surface area contributed by atoms with Crippen molar-refractivity contribution in [2.75, 3.05) is 7.11 Å². The highest BCUT2D eigenvalue weighted by Crippen LogP contribution is 2.34. The monoisotopic (exact) mass is 217 g/mol. The predicted octanol–water partition coefficient (Wildman–Crippen LogP) is 2.06. The molecular weight excluding hydrogens is 204 g/mol. The standard InChI is InChI=1S/C10H13F2NO2/c1-15-8-4-2-3-7(14)10(8)6(13)5-9(11)12/h2-4,6,9,14H,5,13H2,1H3/t6-/m1/s1. The number of nitrogens with two attached hydrogens (primary N) is 1. The zero-order chi connectivity index (χ0) is 11.4. The summed E-state index contributed by atoms with van der Waals surface area (Å²) in [5.74, 6) is 0.200. The Balaban J connectivity index is 3.00. The lowest BCUT2D eigenvalue weighted by Gasteiger charge is -2.16. The average molecular weight is 217 g/mol. The van der Waals surface area contributed by atoms with Crippen molar-refractivity contribution in [3.05, 3.63) is 23.8 Å². The molecule has 1 rings (SSSR count). The van der Waals surface area contributed by atoms with Gasteiger partial charge in [0.15, 0.2) is 0 Å². The first-order valence-electron chi connectivity index (χ1n) is 4.45.